The van der Waals surface area contributed by atoms with Gasteiger partial charge in [-0.25, -0.2) is 4.79 Å². The second kappa shape index (κ2) is 10.6. The van der Waals surface area contributed by atoms with Crippen molar-refractivity contribution < 1.29 is 9.59 Å². The highest BCUT2D eigenvalue weighted by Gasteiger charge is 2.58. The monoisotopic (exact) mass is 524 g/mol. The zero-order chi connectivity index (χ0) is 26.7. The predicted molar refractivity (Wildman–Crippen MR) is 157 cm³/mol. The quantitative estimate of drug-likeness (QED) is 0.173. The van der Waals surface area contributed by atoms with E-state index in [9.17, 15) is 9.59 Å². The van der Waals surface area contributed by atoms with Crippen molar-refractivity contribution in [3.63, 3.8) is 0 Å². The smallest absolute Gasteiger partial charge is 0.304 e. The van der Waals surface area contributed by atoms with Crippen molar-refractivity contribution in [3.8, 4) is 0 Å². The fourth-order valence-corrected chi connectivity index (χ4v) is 10.4. The highest BCUT2D eigenvalue weighted by Crippen LogP contribution is 2.35. The van der Waals surface area contributed by atoms with E-state index in [2.05, 4.69) is 36.4 Å². The Morgan fingerprint density at radius 3 is 1.33 bits per heavy atom. The number of urea groups is 1. The maximum absolute atomic E-state index is 14.8. The van der Waals surface area contributed by atoms with E-state index in [-0.39, 0.29) is 11.9 Å². The van der Waals surface area contributed by atoms with E-state index in [1.165, 1.54) is 0 Å². The van der Waals surface area contributed by atoms with Gasteiger partial charge in [0.15, 0.2) is 0 Å². The van der Waals surface area contributed by atoms with Crippen molar-refractivity contribution in [1.29, 1.82) is 0 Å². The Hall–Kier alpha value is -4.74. The molecule has 1 atom stereocenters. The van der Waals surface area contributed by atoms with Gasteiger partial charge in [-0.15, -0.1) is 0 Å². The highest BCUT2D eigenvalue weighted by atomic mass is 28.3. The summed E-state index contributed by atoms with van der Waals surface area (Å²) < 4.78 is 1.63. The van der Waals surface area contributed by atoms with Crippen molar-refractivity contribution in [2.45, 2.75) is 12.6 Å². The van der Waals surface area contributed by atoms with Crippen LogP contribution in [0.3, 0.4) is 0 Å². The lowest BCUT2D eigenvalue weighted by Crippen LogP contribution is -2.78. The summed E-state index contributed by atoms with van der Waals surface area (Å²) in [5, 5.41) is 2.95. The molecule has 0 N–H and O–H groups in total. The lowest BCUT2D eigenvalue weighted by atomic mass is 10.1. The minimum absolute atomic E-state index is 0.189. The number of carbonyl (C=O) groups is 2. The summed E-state index contributed by atoms with van der Waals surface area (Å²) in [6, 6.07) is 48.8. The lowest BCUT2D eigenvalue weighted by molar-refractivity contribution is -0.125. The normalized spacial score (nSPS) is 15.5. The van der Waals surface area contributed by atoms with Gasteiger partial charge < -0.3 is 4.90 Å². The molecule has 1 unspecified atom stereocenters. The van der Waals surface area contributed by atoms with Crippen LogP contribution in [0.15, 0.2) is 152 Å². The molecule has 5 heteroatoms. The van der Waals surface area contributed by atoms with Gasteiger partial charge in [0, 0.05) is 6.54 Å². The molecule has 1 fully saturated rings. The largest absolute Gasteiger partial charge is 0.320 e. The fraction of sp³-hybridized carbons (Fsp3) is 0.0588. The third kappa shape index (κ3) is 4.27. The summed E-state index contributed by atoms with van der Waals surface area (Å²) in [7, 11) is -3.36. The first-order valence-electron chi connectivity index (χ1n) is 13.1. The van der Waals surface area contributed by atoms with E-state index in [1.807, 2.05) is 115 Å². The Morgan fingerprint density at radius 2 is 0.897 bits per heavy atom. The zero-order valence-corrected chi connectivity index (χ0v) is 22.4. The molecule has 1 aliphatic rings. The zero-order valence-electron chi connectivity index (χ0n) is 21.4. The lowest BCUT2D eigenvalue weighted by Gasteiger charge is -2.39. The van der Waals surface area contributed by atoms with Gasteiger partial charge in [0.1, 0.15) is 6.04 Å². The van der Waals surface area contributed by atoms with Crippen LogP contribution in [-0.2, 0) is 11.3 Å². The second-order valence-corrected chi connectivity index (χ2v) is 13.3. The van der Waals surface area contributed by atoms with Crippen LogP contribution < -0.4 is 15.6 Å². The number of imide groups is 1. The SMILES string of the molecule is O=C1C(c2ccccc2)N(Cc2ccccc2)C(=O)N1[Si](c1ccccc1)(c1ccccc1)c1ccccc1. The molecule has 3 amide bonds. The van der Waals surface area contributed by atoms with Crippen LogP contribution in [0.25, 0.3) is 0 Å². The van der Waals surface area contributed by atoms with E-state index in [0.717, 1.165) is 26.7 Å². The van der Waals surface area contributed by atoms with Crippen LogP contribution in [0, 0.1) is 0 Å². The van der Waals surface area contributed by atoms with Gasteiger partial charge in [0.2, 0.25) is 0 Å². The number of hydrogen-bond donors (Lipinski definition) is 0. The van der Waals surface area contributed by atoms with Crippen molar-refractivity contribution in [3.05, 3.63) is 163 Å². The molecule has 6 rings (SSSR count). The average molecular weight is 525 g/mol. The first-order valence-corrected chi connectivity index (χ1v) is 15.1. The molecule has 5 aromatic carbocycles. The second-order valence-electron chi connectivity index (χ2n) is 9.69. The Bertz CT molecular complexity index is 1470. The van der Waals surface area contributed by atoms with E-state index >= 15 is 0 Å². The molecule has 0 aliphatic carbocycles. The summed E-state index contributed by atoms with van der Waals surface area (Å²) in [5.41, 5.74) is 1.79. The van der Waals surface area contributed by atoms with Gasteiger partial charge in [-0.3, -0.25) is 9.36 Å². The van der Waals surface area contributed by atoms with Crippen LogP contribution in [-0.4, -0.2) is 29.6 Å². The molecule has 0 aromatic heterocycles. The summed E-state index contributed by atoms with van der Waals surface area (Å²) in [6.07, 6.45) is 0. The third-order valence-electron chi connectivity index (χ3n) is 7.42. The summed E-state index contributed by atoms with van der Waals surface area (Å²) in [5.74, 6) is -0.189. The van der Waals surface area contributed by atoms with Crippen LogP contribution in [0.5, 0.6) is 0 Å². The van der Waals surface area contributed by atoms with E-state index in [1.54, 1.807) is 9.47 Å². The molecule has 1 heterocycles. The first kappa shape index (κ1) is 24.6. The molecule has 0 radical (unpaired) electrons. The van der Waals surface area contributed by atoms with Crippen molar-refractivity contribution in [1.82, 2.24) is 9.47 Å². The maximum Gasteiger partial charge on any atom is 0.320 e. The summed E-state index contributed by atoms with van der Waals surface area (Å²) in [4.78, 5) is 31.3. The molecule has 5 aromatic rings. The van der Waals surface area contributed by atoms with Crippen LogP contribution in [0.4, 0.5) is 4.79 Å². The van der Waals surface area contributed by atoms with Gasteiger partial charge >= 0.3 is 6.03 Å². The Morgan fingerprint density at radius 1 is 0.513 bits per heavy atom. The number of amides is 3. The fourth-order valence-electron chi connectivity index (χ4n) is 5.72. The van der Waals surface area contributed by atoms with Crippen LogP contribution in [0.1, 0.15) is 17.2 Å². The van der Waals surface area contributed by atoms with Gasteiger partial charge in [0.05, 0.1) is 0 Å². The molecule has 39 heavy (non-hydrogen) atoms. The molecular formula is C34H28N2O2Si. The van der Waals surface area contributed by atoms with Gasteiger partial charge in [0.25, 0.3) is 14.1 Å². The number of nitrogens with zero attached hydrogens (tertiary/aromatic N) is 2. The van der Waals surface area contributed by atoms with E-state index in [0.29, 0.717) is 6.54 Å². The molecule has 0 bridgehead atoms. The summed E-state index contributed by atoms with van der Waals surface area (Å²) in [6.45, 7) is 0.338. The predicted octanol–water partition coefficient (Wildman–Crippen LogP) is 4.86. The van der Waals surface area contributed by atoms with E-state index in [4.69, 9.17) is 0 Å². The van der Waals surface area contributed by atoms with Crippen LogP contribution in [0.2, 0.25) is 0 Å². The standard InChI is InChI=1S/C34H28N2O2Si/c37-33-32(28-18-8-2-9-19-28)35(26-27-16-6-1-7-17-27)34(38)36(33)39(29-20-10-3-11-21-29,30-22-12-4-13-23-30)31-24-14-5-15-25-31/h1-25,32H,26H2. The van der Waals surface area contributed by atoms with Gasteiger partial charge in [-0.1, -0.05) is 152 Å². The van der Waals surface area contributed by atoms with Crippen LogP contribution >= 0.6 is 0 Å². The molecule has 190 valence electrons. The molecule has 4 nitrogen and oxygen atoms in total. The number of carbonyl (C=O) groups excluding carboxylic acids is 2. The maximum atomic E-state index is 14.8. The van der Waals surface area contributed by atoms with Gasteiger partial charge in [-0.05, 0) is 26.7 Å². The minimum Gasteiger partial charge on any atom is -0.304 e. The Balaban J connectivity index is 1.62. The summed E-state index contributed by atoms with van der Waals surface area (Å²) >= 11 is 0. The number of benzene rings is 5. The molecule has 0 saturated carbocycles. The van der Waals surface area contributed by atoms with Crippen molar-refractivity contribution in [2.24, 2.45) is 0 Å². The molecule has 1 saturated heterocycles. The number of rotatable bonds is 7. The topological polar surface area (TPSA) is 40.6 Å². The third-order valence-corrected chi connectivity index (χ3v) is 12.0. The molecular weight excluding hydrogens is 496 g/mol. The van der Waals surface area contributed by atoms with Crippen molar-refractivity contribution in [2.75, 3.05) is 0 Å². The Kier molecular flexibility index (Phi) is 6.65. The van der Waals surface area contributed by atoms with E-state index < -0.39 is 14.3 Å². The van der Waals surface area contributed by atoms with Crippen molar-refractivity contribution >= 4 is 35.7 Å². The molecule has 1 aliphatic heterocycles. The average Bonchev–Trinajstić information content (AvgIpc) is 3.25. The minimum atomic E-state index is -3.36. The Labute approximate surface area is 229 Å². The van der Waals surface area contributed by atoms with Gasteiger partial charge in [-0.2, -0.15) is 0 Å². The molecule has 0 spiro atoms. The first-order chi connectivity index (χ1) is 19.2. The highest BCUT2D eigenvalue weighted by molar-refractivity contribution is 7.11. The number of hydrogen-bond acceptors (Lipinski definition) is 2.